The molecule has 0 fully saturated rings. The first-order valence-electron chi connectivity index (χ1n) is 3.97. The fourth-order valence-electron chi connectivity index (χ4n) is 1.10. The zero-order chi connectivity index (χ0) is 7.33. The molecular weight excluding hydrogens is 105 g/mol. The fourth-order valence-corrected chi connectivity index (χ4v) is 1.10. The number of hydrogen-bond acceptors (Lipinski definition) is 1. The van der Waals surface area contributed by atoms with Crippen LogP contribution in [0.1, 0.15) is 33.1 Å². The van der Waals surface area contributed by atoms with Gasteiger partial charge in [0.15, 0.2) is 0 Å². The van der Waals surface area contributed by atoms with Crippen LogP contribution >= 0.6 is 0 Å². The van der Waals surface area contributed by atoms with Gasteiger partial charge in [0.05, 0.1) is 0 Å². The maximum absolute atomic E-state index is 6.01. The van der Waals surface area contributed by atoms with Crippen molar-refractivity contribution in [2.24, 2.45) is 5.73 Å². The normalized spacial score (nSPS) is 12.1. The number of nitrogens with two attached hydrogens (primary N) is 1. The number of rotatable bonds is 4. The summed E-state index contributed by atoms with van der Waals surface area (Å²) in [5.74, 6) is 0. The van der Waals surface area contributed by atoms with E-state index >= 15 is 0 Å². The summed E-state index contributed by atoms with van der Waals surface area (Å²) >= 11 is 2.19. The average Bonchev–Trinajstić information content (AvgIpc) is 1.89. The molecule has 0 amide bonds. The van der Waals surface area contributed by atoms with Gasteiger partial charge < -0.3 is 0 Å². The van der Waals surface area contributed by atoms with Crippen molar-refractivity contribution in [1.82, 2.24) is 0 Å². The molecule has 50 valence electrons. The first-order chi connectivity index (χ1) is 4.18. The molecule has 0 aromatic rings. The molecule has 0 saturated carbocycles. The van der Waals surface area contributed by atoms with Crippen molar-refractivity contribution >= 4 is 17.7 Å². The van der Waals surface area contributed by atoms with E-state index in [2.05, 4.69) is 31.6 Å². The molecule has 0 bridgehead atoms. The van der Waals surface area contributed by atoms with Gasteiger partial charge in [0.1, 0.15) is 0 Å². The van der Waals surface area contributed by atoms with E-state index in [1.165, 1.54) is 11.5 Å². The van der Waals surface area contributed by atoms with Gasteiger partial charge in [0.25, 0.3) is 0 Å². The first-order valence-corrected chi connectivity index (χ1v) is 3.97. The van der Waals surface area contributed by atoms with E-state index in [4.69, 9.17) is 5.73 Å². The average molecular weight is 121 g/mol. The molecule has 0 aromatic carbocycles. The zero-order valence-electron chi connectivity index (χ0n) is 6.91. The molecule has 0 aliphatic carbocycles. The molecule has 0 atom stereocenters. The molecule has 2 N–H and O–H groups in total. The fraction of sp³-hybridized carbons (Fsp3) is 1.00. The Balaban J connectivity index is 3.62. The molecule has 0 rings (SSSR count). The van der Waals surface area contributed by atoms with Gasteiger partial charge in [-0.05, 0) is 0 Å². The Morgan fingerprint density at radius 1 is 1.33 bits per heavy atom. The SMILES string of the molecule is [Li][CH2]CC(N)(CC)CC. The van der Waals surface area contributed by atoms with E-state index < -0.39 is 0 Å². The summed E-state index contributed by atoms with van der Waals surface area (Å²) in [7, 11) is 0. The van der Waals surface area contributed by atoms with Crippen LogP contribution in [-0.4, -0.2) is 23.3 Å². The van der Waals surface area contributed by atoms with E-state index in [0.717, 1.165) is 12.8 Å². The predicted molar refractivity (Wildman–Crippen MR) is 42.7 cm³/mol. The topological polar surface area (TPSA) is 26.0 Å². The molecule has 0 aliphatic heterocycles. The molecule has 9 heavy (non-hydrogen) atoms. The van der Waals surface area contributed by atoms with E-state index in [1.54, 1.807) is 0 Å². The van der Waals surface area contributed by atoms with Crippen LogP contribution < -0.4 is 5.73 Å². The summed E-state index contributed by atoms with van der Waals surface area (Å²) in [6.07, 6.45) is 3.38. The van der Waals surface area contributed by atoms with Crippen molar-refractivity contribution in [3.8, 4) is 0 Å². The second-order valence-electron chi connectivity index (χ2n) is 2.82. The molecule has 0 spiro atoms. The summed E-state index contributed by atoms with van der Waals surface area (Å²) in [6.45, 7) is 4.33. The van der Waals surface area contributed by atoms with Crippen molar-refractivity contribution in [3.05, 3.63) is 0 Å². The molecule has 0 unspecified atom stereocenters. The summed E-state index contributed by atoms with van der Waals surface area (Å²) in [5.41, 5.74) is 6.14. The van der Waals surface area contributed by atoms with Crippen molar-refractivity contribution in [3.63, 3.8) is 0 Å². The minimum atomic E-state index is 0.134. The Kier molecular flexibility index (Phi) is 4.66. The van der Waals surface area contributed by atoms with Crippen molar-refractivity contribution < 1.29 is 0 Å². The van der Waals surface area contributed by atoms with Crippen LogP contribution in [0.2, 0.25) is 5.09 Å². The molecule has 0 saturated heterocycles. The second kappa shape index (κ2) is 4.39. The molecular formula is C7H16LiN. The van der Waals surface area contributed by atoms with Gasteiger partial charge in [0.2, 0.25) is 0 Å². The summed E-state index contributed by atoms with van der Waals surface area (Å²) in [4.78, 5) is 0. The van der Waals surface area contributed by atoms with Crippen LogP contribution in [0.4, 0.5) is 0 Å². The minimum absolute atomic E-state index is 0.134. The van der Waals surface area contributed by atoms with Gasteiger partial charge in [-0.1, -0.05) is 0 Å². The standard InChI is InChI=1S/C7H16N.Li/c1-4-7(8,5-2)6-3;/h1,4-6,8H2,2-3H3;. The quantitative estimate of drug-likeness (QED) is 0.560. The summed E-state index contributed by atoms with van der Waals surface area (Å²) < 4.78 is 0. The summed E-state index contributed by atoms with van der Waals surface area (Å²) in [5, 5.41) is 1.21. The Hall–Kier alpha value is 0.557. The number of hydrogen-bond donors (Lipinski definition) is 1. The molecule has 0 aliphatic rings. The molecule has 0 radical (unpaired) electrons. The molecule has 1 nitrogen and oxygen atoms in total. The van der Waals surface area contributed by atoms with Gasteiger partial charge in [-0.3, -0.25) is 0 Å². The monoisotopic (exact) mass is 121 g/mol. The van der Waals surface area contributed by atoms with Crippen LogP contribution in [0.5, 0.6) is 0 Å². The van der Waals surface area contributed by atoms with E-state index in [0.29, 0.717) is 0 Å². The predicted octanol–water partition coefficient (Wildman–Crippen LogP) is 1.48. The summed E-state index contributed by atoms with van der Waals surface area (Å²) in [6, 6.07) is 0. The van der Waals surface area contributed by atoms with Crippen LogP contribution in [-0.2, 0) is 0 Å². The third kappa shape index (κ3) is 3.30. The molecule has 0 aromatic heterocycles. The van der Waals surface area contributed by atoms with E-state index in [9.17, 15) is 0 Å². The van der Waals surface area contributed by atoms with Crippen molar-refractivity contribution in [2.45, 2.75) is 43.7 Å². The van der Waals surface area contributed by atoms with Gasteiger partial charge in [-0.2, -0.15) is 0 Å². The molecule has 2 heteroatoms. The van der Waals surface area contributed by atoms with Crippen LogP contribution in [0, 0.1) is 0 Å². The van der Waals surface area contributed by atoms with Gasteiger partial charge >= 0.3 is 67.2 Å². The van der Waals surface area contributed by atoms with Gasteiger partial charge in [-0.25, -0.2) is 0 Å². The van der Waals surface area contributed by atoms with Crippen LogP contribution in [0.15, 0.2) is 0 Å². The van der Waals surface area contributed by atoms with Crippen LogP contribution in [0.3, 0.4) is 0 Å². The third-order valence-electron chi connectivity index (χ3n) is 2.16. The second-order valence-corrected chi connectivity index (χ2v) is 2.82. The van der Waals surface area contributed by atoms with Gasteiger partial charge in [-0.15, -0.1) is 0 Å². The maximum atomic E-state index is 6.01. The van der Waals surface area contributed by atoms with Crippen molar-refractivity contribution in [2.75, 3.05) is 0 Å². The van der Waals surface area contributed by atoms with E-state index in [1.807, 2.05) is 0 Å². The zero-order valence-corrected chi connectivity index (χ0v) is 6.91. The van der Waals surface area contributed by atoms with Crippen molar-refractivity contribution in [1.29, 1.82) is 0 Å². The first kappa shape index (κ1) is 9.56. The Morgan fingerprint density at radius 3 is 1.89 bits per heavy atom. The molecule has 0 heterocycles. The Labute approximate surface area is 67.6 Å². The van der Waals surface area contributed by atoms with Gasteiger partial charge in [0, 0.05) is 0 Å². The Bertz CT molecular complexity index is 69.3. The van der Waals surface area contributed by atoms with E-state index in [-0.39, 0.29) is 5.54 Å². The third-order valence-corrected chi connectivity index (χ3v) is 2.16. The Morgan fingerprint density at radius 2 is 1.78 bits per heavy atom. The van der Waals surface area contributed by atoms with Crippen LogP contribution in [0.25, 0.3) is 0 Å².